The molecule has 0 aliphatic rings. The van der Waals surface area contributed by atoms with E-state index in [0.29, 0.717) is 6.54 Å². The minimum Gasteiger partial charge on any atom is -0.474 e. The first kappa shape index (κ1) is 18.4. The van der Waals surface area contributed by atoms with Gasteiger partial charge in [-0.25, -0.2) is 0 Å². The SMILES string of the molecule is CC[C@@H](CNC(=O)[C@H](C)Oc1ccccc1[N+](=O)[O-])c1ccccc1. The molecule has 0 saturated carbocycles. The van der Waals surface area contributed by atoms with Crippen molar-refractivity contribution in [2.24, 2.45) is 0 Å². The van der Waals surface area contributed by atoms with Gasteiger partial charge in [0, 0.05) is 18.5 Å². The molecule has 0 unspecified atom stereocenters. The van der Waals surface area contributed by atoms with Crippen molar-refractivity contribution in [1.82, 2.24) is 5.32 Å². The fourth-order valence-electron chi connectivity index (χ4n) is 2.54. The third-order valence-electron chi connectivity index (χ3n) is 4.02. The molecule has 2 rings (SSSR count). The van der Waals surface area contributed by atoms with E-state index in [2.05, 4.69) is 12.2 Å². The molecule has 0 aromatic heterocycles. The van der Waals surface area contributed by atoms with Gasteiger partial charge in [0.25, 0.3) is 5.91 Å². The van der Waals surface area contributed by atoms with Crippen LogP contribution in [0.1, 0.15) is 31.7 Å². The number of hydrogen-bond acceptors (Lipinski definition) is 4. The fraction of sp³-hybridized carbons (Fsp3) is 0.316. The number of carbonyl (C=O) groups excluding carboxylic acids is 1. The van der Waals surface area contributed by atoms with Crippen LogP contribution in [0.3, 0.4) is 0 Å². The summed E-state index contributed by atoms with van der Waals surface area (Å²) in [5.74, 6) is 0.00111. The molecule has 0 radical (unpaired) electrons. The summed E-state index contributed by atoms with van der Waals surface area (Å²) in [7, 11) is 0. The highest BCUT2D eigenvalue weighted by molar-refractivity contribution is 5.80. The smallest absolute Gasteiger partial charge is 0.310 e. The average molecular weight is 342 g/mol. The molecular formula is C19H22N2O4. The molecule has 0 fully saturated rings. The Balaban J connectivity index is 1.95. The number of carbonyl (C=O) groups is 1. The summed E-state index contributed by atoms with van der Waals surface area (Å²) in [4.78, 5) is 22.8. The summed E-state index contributed by atoms with van der Waals surface area (Å²) in [6, 6.07) is 16.0. The van der Waals surface area contributed by atoms with Crippen LogP contribution < -0.4 is 10.1 Å². The molecule has 1 amide bonds. The number of benzene rings is 2. The molecule has 0 spiro atoms. The van der Waals surface area contributed by atoms with Crippen LogP contribution in [0.4, 0.5) is 5.69 Å². The van der Waals surface area contributed by atoms with E-state index in [1.807, 2.05) is 30.3 Å². The maximum absolute atomic E-state index is 12.3. The maximum Gasteiger partial charge on any atom is 0.310 e. The van der Waals surface area contributed by atoms with Gasteiger partial charge in [-0.15, -0.1) is 0 Å². The van der Waals surface area contributed by atoms with Crippen LogP contribution in [0.25, 0.3) is 0 Å². The third-order valence-corrected chi connectivity index (χ3v) is 4.02. The van der Waals surface area contributed by atoms with Gasteiger partial charge in [-0.1, -0.05) is 49.4 Å². The Morgan fingerprint density at radius 1 is 1.16 bits per heavy atom. The van der Waals surface area contributed by atoms with Gasteiger partial charge in [-0.3, -0.25) is 14.9 Å². The summed E-state index contributed by atoms with van der Waals surface area (Å²) in [6.45, 7) is 4.14. The lowest BCUT2D eigenvalue weighted by Gasteiger charge is -2.19. The molecule has 0 heterocycles. The minimum atomic E-state index is -0.825. The van der Waals surface area contributed by atoms with E-state index in [-0.39, 0.29) is 23.3 Å². The van der Waals surface area contributed by atoms with Crippen molar-refractivity contribution < 1.29 is 14.5 Å². The van der Waals surface area contributed by atoms with Crippen LogP contribution in [-0.2, 0) is 4.79 Å². The first-order valence-corrected chi connectivity index (χ1v) is 8.25. The van der Waals surface area contributed by atoms with Gasteiger partial charge in [0.15, 0.2) is 11.9 Å². The molecule has 2 aromatic carbocycles. The Morgan fingerprint density at radius 3 is 2.44 bits per heavy atom. The second-order valence-corrected chi connectivity index (χ2v) is 5.75. The van der Waals surface area contributed by atoms with Crippen LogP contribution >= 0.6 is 0 Å². The molecule has 2 aromatic rings. The van der Waals surface area contributed by atoms with Gasteiger partial charge < -0.3 is 10.1 Å². The summed E-state index contributed by atoms with van der Waals surface area (Å²) in [5, 5.41) is 13.9. The van der Waals surface area contributed by atoms with Gasteiger partial charge in [0.05, 0.1) is 4.92 Å². The minimum absolute atomic E-state index is 0.0882. The second-order valence-electron chi connectivity index (χ2n) is 5.75. The molecule has 6 nitrogen and oxygen atoms in total. The van der Waals surface area contributed by atoms with E-state index in [4.69, 9.17) is 4.74 Å². The number of nitro benzene ring substituents is 1. The number of para-hydroxylation sites is 2. The van der Waals surface area contributed by atoms with Crippen molar-refractivity contribution >= 4 is 11.6 Å². The first-order valence-electron chi connectivity index (χ1n) is 8.25. The summed E-state index contributed by atoms with van der Waals surface area (Å²) < 4.78 is 5.49. The molecule has 0 aliphatic heterocycles. The van der Waals surface area contributed by atoms with Crippen molar-refractivity contribution in [2.75, 3.05) is 6.54 Å². The monoisotopic (exact) mass is 342 g/mol. The van der Waals surface area contributed by atoms with E-state index in [0.717, 1.165) is 12.0 Å². The van der Waals surface area contributed by atoms with E-state index in [9.17, 15) is 14.9 Å². The predicted octanol–water partition coefficient (Wildman–Crippen LogP) is 3.67. The molecule has 0 bridgehead atoms. The zero-order chi connectivity index (χ0) is 18.2. The zero-order valence-electron chi connectivity index (χ0n) is 14.3. The van der Waals surface area contributed by atoms with Crippen molar-refractivity contribution in [3.05, 3.63) is 70.3 Å². The molecule has 132 valence electrons. The van der Waals surface area contributed by atoms with E-state index in [1.165, 1.54) is 12.1 Å². The van der Waals surface area contributed by atoms with Crippen LogP contribution in [-0.4, -0.2) is 23.5 Å². The number of rotatable bonds is 8. The maximum atomic E-state index is 12.3. The summed E-state index contributed by atoms with van der Waals surface area (Å²) in [6.07, 6.45) is 0.0679. The highest BCUT2D eigenvalue weighted by Gasteiger charge is 2.21. The van der Waals surface area contributed by atoms with E-state index in [1.54, 1.807) is 19.1 Å². The molecule has 2 atom stereocenters. The normalized spacial score (nSPS) is 12.9. The quantitative estimate of drug-likeness (QED) is 0.586. The summed E-state index contributed by atoms with van der Waals surface area (Å²) in [5.41, 5.74) is 1.01. The first-order chi connectivity index (χ1) is 12.0. The average Bonchev–Trinajstić information content (AvgIpc) is 2.63. The highest BCUT2D eigenvalue weighted by atomic mass is 16.6. The molecule has 1 N–H and O–H groups in total. The molecule has 0 saturated heterocycles. The molecule has 0 aliphatic carbocycles. The van der Waals surface area contributed by atoms with Gasteiger partial charge in [0.1, 0.15) is 0 Å². The van der Waals surface area contributed by atoms with Crippen molar-refractivity contribution in [3.8, 4) is 5.75 Å². The fourth-order valence-corrected chi connectivity index (χ4v) is 2.54. The molecule has 6 heteroatoms. The van der Waals surface area contributed by atoms with Crippen molar-refractivity contribution in [3.63, 3.8) is 0 Å². The van der Waals surface area contributed by atoms with Crippen LogP contribution in [0.5, 0.6) is 5.75 Å². The lowest BCUT2D eigenvalue weighted by Crippen LogP contribution is -2.38. The van der Waals surface area contributed by atoms with Crippen molar-refractivity contribution in [2.45, 2.75) is 32.3 Å². The largest absolute Gasteiger partial charge is 0.474 e. The van der Waals surface area contributed by atoms with Gasteiger partial charge in [-0.2, -0.15) is 0 Å². The Hall–Kier alpha value is -2.89. The Morgan fingerprint density at radius 2 is 1.80 bits per heavy atom. The third kappa shape index (κ3) is 5.04. The van der Waals surface area contributed by atoms with Crippen LogP contribution in [0.15, 0.2) is 54.6 Å². The summed E-state index contributed by atoms with van der Waals surface area (Å²) >= 11 is 0. The van der Waals surface area contributed by atoms with Crippen LogP contribution in [0, 0.1) is 10.1 Å². The van der Waals surface area contributed by atoms with E-state index < -0.39 is 11.0 Å². The molecular weight excluding hydrogens is 320 g/mol. The standard InChI is InChI=1S/C19H22N2O4/c1-3-15(16-9-5-4-6-10-16)13-20-19(22)14(2)25-18-12-8-7-11-17(18)21(23)24/h4-12,14-15H,3,13H2,1-2H3,(H,20,22)/t14-,15-/m0/s1. The number of nitro groups is 1. The number of hydrogen-bond donors (Lipinski definition) is 1. The molecule has 25 heavy (non-hydrogen) atoms. The number of nitrogens with zero attached hydrogens (tertiary/aromatic N) is 1. The number of ether oxygens (including phenoxy) is 1. The van der Waals surface area contributed by atoms with Gasteiger partial charge >= 0.3 is 5.69 Å². The lowest BCUT2D eigenvalue weighted by atomic mass is 9.96. The highest BCUT2D eigenvalue weighted by Crippen LogP contribution is 2.26. The Bertz CT molecular complexity index is 718. The van der Waals surface area contributed by atoms with Crippen LogP contribution in [0.2, 0.25) is 0 Å². The van der Waals surface area contributed by atoms with Crippen molar-refractivity contribution in [1.29, 1.82) is 0 Å². The zero-order valence-corrected chi connectivity index (χ0v) is 14.3. The Labute approximate surface area is 147 Å². The van der Waals surface area contributed by atoms with Gasteiger partial charge in [-0.05, 0) is 25.0 Å². The number of nitrogens with one attached hydrogen (secondary N) is 1. The predicted molar refractivity (Wildman–Crippen MR) is 95.7 cm³/mol. The van der Waals surface area contributed by atoms with E-state index >= 15 is 0 Å². The number of amides is 1. The Kier molecular flexibility index (Phi) is 6.51. The lowest BCUT2D eigenvalue weighted by molar-refractivity contribution is -0.386. The second kappa shape index (κ2) is 8.82. The van der Waals surface area contributed by atoms with Gasteiger partial charge in [0.2, 0.25) is 0 Å². The topological polar surface area (TPSA) is 81.5 Å².